The molecule has 0 bridgehead atoms. The van der Waals surface area contributed by atoms with Gasteiger partial charge in [-0.05, 0) is 30.3 Å². The minimum Gasteiger partial charge on any atom is -0.508 e. The zero-order valence-electron chi connectivity index (χ0n) is 14.5. The summed E-state index contributed by atoms with van der Waals surface area (Å²) in [5.74, 6) is 0.00155. The first kappa shape index (κ1) is 19.6. The number of hydrogen-bond acceptors (Lipinski definition) is 6. The summed E-state index contributed by atoms with van der Waals surface area (Å²) in [7, 11) is -3.54. The summed E-state index contributed by atoms with van der Waals surface area (Å²) in [6, 6.07) is 10.7. The SMILES string of the molecule is CS(=O)(=O)Nc1cc(C(=O)Nc2cnc(-c3cccc(O)c3)nc2)ccc1Cl. The smallest absolute Gasteiger partial charge is 0.255 e. The number of nitrogens with zero attached hydrogens (tertiary/aromatic N) is 2. The Hall–Kier alpha value is -3.17. The molecule has 2 aromatic carbocycles. The Kier molecular flexibility index (Phi) is 5.48. The van der Waals surface area contributed by atoms with Crippen molar-refractivity contribution in [1.82, 2.24) is 9.97 Å². The quantitative estimate of drug-likeness (QED) is 0.585. The molecule has 0 atom stereocenters. The molecule has 144 valence electrons. The highest BCUT2D eigenvalue weighted by Gasteiger charge is 2.12. The highest BCUT2D eigenvalue weighted by atomic mass is 35.5. The van der Waals surface area contributed by atoms with Crippen molar-refractivity contribution in [2.45, 2.75) is 0 Å². The van der Waals surface area contributed by atoms with Gasteiger partial charge >= 0.3 is 0 Å². The Bertz CT molecular complexity index is 1130. The van der Waals surface area contributed by atoms with Crippen LogP contribution in [0.5, 0.6) is 5.75 Å². The number of rotatable bonds is 5. The summed E-state index contributed by atoms with van der Waals surface area (Å²) in [5.41, 5.74) is 1.29. The summed E-state index contributed by atoms with van der Waals surface area (Å²) in [4.78, 5) is 20.8. The molecule has 1 heterocycles. The summed E-state index contributed by atoms with van der Waals surface area (Å²) >= 11 is 5.96. The van der Waals surface area contributed by atoms with Crippen molar-refractivity contribution in [2.24, 2.45) is 0 Å². The molecule has 0 fully saturated rings. The van der Waals surface area contributed by atoms with Crippen molar-refractivity contribution in [2.75, 3.05) is 16.3 Å². The lowest BCUT2D eigenvalue weighted by Crippen LogP contribution is -2.14. The van der Waals surface area contributed by atoms with Gasteiger partial charge in [0.1, 0.15) is 5.75 Å². The highest BCUT2D eigenvalue weighted by Crippen LogP contribution is 2.25. The molecule has 8 nitrogen and oxygen atoms in total. The van der Waals surface area contributed by atoms with Gasteiger partial charge in [-0.3, -0.25) is 9.52 Å². The molecule has 0 unspecified atom stereocenters. The summed E-state index contributed by atoms with van der Waals surface area (Å²) in [6.45, 7) is 0. The van der Waals surface area contributed by atoms with Gasteiger partial charge in [0.05, 0.1) is 35.0 Å². The zero-order chi connectivity index (χ0) is 20.3. The lowest BCUT2D eigenvalue weighted by molar-refractivity contribution is 0.102. The van der Waals surface area contributed by atoms with Crippen molar-refractivity contribution in [3.8, 4) is 17.1 Å². The van der Waals surface area contributed by atoms with E-state index in [1.807, 2.05) is 0 Å². The number of halogens is 1. The minimum absolute atomic E-state index is 0.0970. The molecule has 0 saturated heterocycles. The molecule has 10 heteroatoms. The summed E-state index contributed by atoms with van der Waals surface area (Å²) in [6.07, 6.45) is 3.84. The normalized spacial score (nSPS) is 11.1. The lowest BCUT2D eigenvalue weighted by Gasteiger charge is -2.10. The number of benzene rings is 2. The fraction of sp³-hybridized carbons (Fsp3) is 0.0556. The predicted octanol–water partition coefficient (Wildman–Crippen LogP) is 3.13. The summed E-state index contributed by atoms with van der Waals surface area (Å²) in [5, 5.41) is 12.3. The van der Waals surface area contributed by atoms with E-state index in [9.17, 15) is 18.3 Å². The average molecular weight is 419 g/mol. The van der Waals surface area contributed by atoms with Crippen LogP contribution in [-0.2, 0) is 10.0 Å². The maximum absolute atomic E-state index is 12.4. The van der Waals surface area contributed by atoms with Gasteiger partial charge in [-0.15, -0.1) is 0 Å². The van der Waals surface area contributed by atoms with E-state index in [1.165, 1.54) is 42.7 Å². The van der Waals surface area contributed by atoms with Gasteiger partial charge in [0.2, 0.25) is 10.0 Å². The number of amides is 1. The number of hydrogen-bond donors (Lipinski definition) is 3. The fourth-order valence-electron chi connectivity index (χ4n) is 2.33. The second-order valence-electron chi connectivity index (χ2n) is 5.87. The number of carbonyl (C=O) groups excluding carboxylic acids is 1. The Balaban J connectivity index is 1.77. The molecule has 28 heavy (non-hydrogen) atoms. The van der Waals surface area contributed by atoms with Crippen LogP contribution >= 0.6 is 11.6 Å². The number of aromatic hydroxyl groups is 1. The second-order valence-corrected chi connectivity index (χ2v) is 8.02. The average Bonchev–Trinajstić information content (AvgIpc) is 2.63. The number of phenols is 1. The van der Waals surface area contributed by atoms with Gasteiger partial charge in [-0.2, -0.15) is 0 Å². The van der Waals surface area contributed by atoms with Crippen LogP contribution in [0.4, 0.5) is 11.4 Å². The lowest BCUT2D eigenvalue weighted by atomic mass is 10.2. The fourth-order valence-corrected chi connectivity index (χ4v) is 3.12. The molecule has 0 spiro atoms. The van der Waals surface area contributed by atoms with E-state index in [4.69, 9.17) is 11.6 Å². The number of carbonyl (C=O) groups is 1. The Morgan fingerprint density at radius 3 is 2.46 bits per heavy atom. The van der Waals surface area contributed by atoms with Crippen molar-refractivity contribution in [1.29, 1.82) is 0 Å². The number of phenolic OH excluding ortho intramolecular Hbond substituents is 1. The van der Waals surface area contributed by atoms with Crippen molar-refractivity contribution < 1.29 is 18.3 Å². The van der Waals surface area contributed by atoms with Crippen LogP contribution in [0.15, 0.2) is 54.9 Å². The molecule has 0 radical (unpaired) electrons. The van der Waals surface area contributed by atoms with Crippen LogP contribution in [0.3, 0.4) is 0 Å². The van der Waals surface area contributed by atoms with Crippen molar-refractivity contribution in [3.05, 3.63) is 65.4 Å². The van der Waals surface area contributed by atoms with E-state index < -0.39 is 15.9 Å². The maximum Gasteiger partial charge on any atom is 0.255 e. The Labute approximate surface area is 166 Å². The van der Waals surface area contributed by atoms with Crippen molar-refractivity contribution in [3.63, 3.8) is 0 Å². The van der Waals surface area contributed by atoms with Gasteiger partial charge in [0.25, 0.3) is 5.91 Å². The molecule has 0 aliphatic heterocycles. The Morgan fingerprint density at radius 2 is 1.82 bits per heavy atom. The van der Waals surface area contributed by atoms with Crippen LogP contribution in [0, 0.1) is 0 Å². The van der Waals surface area contributed by atoms with Gasteiger partial charge in [0.15, 0.2) is 5.82 Å². The predicted molar refractivity (Wildman–Crippen MR) is 107 cm³/mol. The highest BCUT2D eigenvalue weighted by molar-refractivity contribution is 7.92. The van der Waals surface area contributed by atoms with Crippen LogP contribution in [0.25, 0.3) is 11.4 Å². The van der Waals surface area contributed by atoms with Crippen molar-refractivity contribution >= 4 is 38.9 Å². The van der Waals surface area contributed by atoms with E-state index in [2.05, 4.69) is 20.0 Å². The van der Waals surface area contributed by atoms with Crippen LogP contribution in [0.2, 0.25) is 5.02 Å². The first-order chi connectivity index (χ1) is 13.2. The first-order valence-electron chi connectivity index (χ1n) is 7.91. The van der Waals surface area contributed by atoms with E-state index >= 15 is 0 Å². The second kappa shape index (κ2) is 7.83. The van der Waals surface area contributed by atoms with Crippen LogP contribution in [-0.4, -0.2) is 35.7 Å². The molecule has 0 aliphatic rings. The van der Waals surface area contributed by atoms with Gasteiger partial charge in [-0.1, -0.05) is 23.7 Å². The topological polar surface area (TPSA) is 121 Å². The van der Waals surface area contributed by atoms with Gasteiger partial charge < -0.3 is 10.4 Å². The minimum atomic E-state index is -3.54. The molecule has 3 N–H and O–H groups in total. The Morgan fingerprint density at radius 1 is 1.11 bits per heavy atom. The van der Waals surface area contributed by atoms with E-state index in [0.717, 1.165) is 6.26 Å². The molecule has 3 rings (SSSR count). The third-order valence-electron chi connectivity index (χ3n) is 3.54. The molecule has 3 aromatic rings. The molecular weight excluding hydrogens is 404 g/mol. The van der Waals surface area contributed by atoms with E-state index in [-0.39, 0.29) is 22.0 Å². The van der Waals surface area contributed by atoms with Gasteiger partial charge in [-0.25, -0.2) is 18.4 Å². The zero-order valence-corrected chi connectivity index (χ0v) is 16.1. The number of aromatic nitrogens is 2. The molecule has 1 amide bonds. The molecular formula is C18H15ClN4O4S. The monoisotopic (exact) mass is 418 g/mol. The maximum atomic E-state index is 12.4. The standard InChI is InChI=1S/C18H15ClN4O4S/c1-28(26,27)23-16-8-12(5-6-15(16)19)18(25)22-13-9-20-17(21-10-13)11-3-2-4-14(24)7-11/h2-10,23-24H,1H3,(H,22,25). The van der Waals surface area contributed by atoms with Crippen LogP contribution in [0.1, 0.15) is 10.4 Å². The molecule has 1 aromatic heterocycles. The number of nitrogens with one attached hydrogen (secondary N) is 2. The third kappa shape index (κ3) is 4.96. The first-order valence-corrected chi connectivity index (χ1v) is 10.2. The van der Waals surface area contributed by atoms with Crippen LogP contribution < -0.4 is 10.0 Å². The summed E-state index contributed by atoms with van der Waals surface area (Å²) < 4.78 is 25.0. The molecule has 0 saturated carbocycles. The largest absolute Gasteiger partial charge is 0.508 e. The van der Waals surface area contributed by atoms with Gasteiger partial charge in [0, 0.05) is 11.1 Å². The number of sulfonamides is 1. The number of anilines is 2. The molecule has 0 aliphatic carbocycles. The van der Waals surface area contributed by atoms with E-state index in [1.54, 1.807) is 12.1 Å². The third-order valence-corrected chi connectivity index (χ3v) is 4.46. The van der Waals surface area contributed by atoms with E-state index in [0.29, 0.717) is 17.1 Å².